The molecule has 1 aromatic rings. The molecule has 0 saturated carbocycles. The Balaban J connectivity index is 3.30. The first-order chi connectivity index (χ1) is 5.16. The summed E-state index contributed by atoms with van der Waals surface area (Å²) in [5.74, 6) is 0.0951. The molecule has 0 radical (unpaired) electrons. The van der Waals surface area contributed by atoms with Crippen molar-refractivity contribution in [3.05, 3.63) is 5.56 Å². The van der Waals surface area contributed by atoms with Gasteiger partial charge in [-0.3, -0.25) is 9.31 Å². The topological polar surface area (TPSA) is 95.6 Å². The third-order valence-electron chi connectivity index (χ3n) is 1.16. The first-order valence-electron chi connectivity index (χ1n) is 2.74. The molecule has 0 spiro atoms. The molecule has 0 aliphatic carbocycles. The zero-order valence-electron chi connectivity index (χ0n) is 5.79. The van der Waals surface area contributed by atoms with E-state index in [1.54, 1.807) is 0 Å². The zero-order chi connectivity index (χ0) is 8.43. The molecular weight excluding hydrogens is 164 g/mol. The molecule has 58 valence electrons. The lowest BCUT2D eigenvalue weighted by Crippen LogP contribution is -1.92. The number of aromatic nitrogens is 2. The van der Waals surface area contributed by atoms with Crippen molar-refractivity contribution in [3.8, 4) is 6.07 Å². The Kier molecular flexibility index (Phi) is 1.92. The molecule has 0 aliphatic rings. The van der Waals surface area contributed by atoms with Crippen LogP contribution in [0.1, 0.15) is 5.56 Å². The first kappa shape index (κ1) is 7.75. The molecule has 0 aliphatic heterocycles. The molecule has 0 aromatic carbocycles. The van der Waals surface area contributed by atoms with E-state index in [1.807, 2.05) is 6.07 Å². The van der Waals surface area contributed by atoms with E-state index >= 15 is 0 Å². The molecule has 0 saturated heterocycles. The van der Waals surface area contributed by atoms with Gasteiger partial charge in [0.2, 0.25) is 0 Å². The van der Waals surface area contributed by atoms with E-state index < -0.39 is 10.8 Å². The minimum absolute atomic E-state index is 0.0951. The number of anilines is 1. The van der Waals surface area contributed by atoms with Crippen molar-refractivity contribution >= 4 is 16.6 Å². The van der Waals surface area contributed by atoms with Crippen LogP contribution in [0, 0.1) is 11.3 Å². The molecule has 11 heavy (non-hydrogen) atoms. The number of nitriles is 1. The second-order valence-electron chi connectivity index (χ2n) is 1.88. The maximum absolute atomic E-state index is 10.9. The highest BCUT2D eigenvalue weighted by Crippen LogP contribution is 2.13. The molecule has 0 bridgehead atoms. The second-order valence-corrected chi connectivity index (χ2v) is 3.20. The van der Waals surface area contributed by atoms with Crippen molar-refractivity contribution in [2.75, 3.05) is 12.0 Å². The number of nitrogens with zero attached hydrogens (tertiary/aromatic N) is 2. The van der Waals surface area contributed by atoms with E-state index in [0.717, 1.165) is 0 Å². The third kappa shape index (κ3) is 1.23. The van der Waals surface area contributed by atoms with Crippen LogP contribution in [0.3, 0.4) is 0 Å². The molecule has 0 amide bonds. The number of rotatable bonds is 1. The van der Waals surface area contributed by atoms with Gasteiger partial charge in [0.1, 0.15) is 16.7 Å². The average molecular weight is 170 g/mol. The normalized spacial score (nSPS) is 12.4. The number of nitrogens with one attached hydrogen (secondary N) is 1. The fourth-order valence-corrected chi connectivity index (χ4v) is 1.27. The van der Waals surface area contributed by atoms with Gasteiger partial charge in [-0.15, -0.1) is 0 Å². The SMILES string of the molecule is CS(=O)c1[nH]nc(N)c1C#N. The van der Waals surface area contributed by atoms with E-state index in [1.165, 1.54) is 6.26 Å². The Morgan fingerprint density at radius 2 is 2.45 bits per heavy atom. The fourth-order valence-electron chi connectivity index (χ4n) is 0.655. The first-order valence-corrected chi connectivity index (χ1v) is 4.30. The number of nitrogens with two attached hydrogens (primary N) is 1. The summed E-state index contributed by atoms with van der Waals surface area (Å²) in [6, 6.07) is 1.81. The van der Waals surface area contributed by atoms with Crippen molar-refractivity contribution in [2.24, 2.45) is 0 Å². The lowest BCUT2D eigenvalue weighted by atomic mass is 10.4. The smallest absolute Gasteiger partial charge is 0.164 e. The Morgan fingerprint density at radius 1 is 1.82 bits per heavy atom. The van der Waals surface area contributed by atoms with Crippen LogP contribution in [0.4, 0.5) is 5.82 Å². The fraction of sp³-hybridized carbons (Fsp3) is 0.200. The van der Waals surface area contributed by atoms with Gasteiger partial charge < -0.3 is 5.73 Å². The Labute approximate surface area is 65.7 Å². The number of nitrogen functional groups attached to an aromatic ring is 1. The van der Waals surface area contributed by atoms with E-state index in [-0.39, 0.29) is 16.4 Å². The van der Waals surface area contributed by atoms with Gasteiger partial charge in [-0.1, -0.05) is 0 Å². The van der Waals surface area contributed by atoms with Crippen molar-refractivity contribution in [1.29, 1.82) is 5.26 Å². The van der Waals surface area contributed by atoms with Gasteiger partial charge >= 0.3 is 0 Å². The monoisotopic (exact) mass is 170 g/mol. The summed E-state index contributed by atoms with van der Waals surface area (Å²) in [5.41, 5.74) is 5.46. The van der Waals surface area contributed by atoms with Gasteiger partial charge in [-0.05, 0) is 0 Å². The predicted octanol–water partition coefficient (Wildman–Crippen LogP) is -0.399. The standard InChI is InChI=1S/C5H6N4OS/c1-11(10)5-3(2-6)4(7)8-9-5/h1H3,(H3,7,8,9). The number of hydrogen-bond donors (Lipinski definition) is 2. The number of aromatic amines is 1. The van der Waals surface area contributed by atoms with Crippen molar-refractivity contribution < 1.29 is 4.21 Å². The van der Waals surface area contributed by atoms with Gasteiger partial charge in [0.15, 0.2) is 5.82 Å². The molecular formula is C5H6N4OS. The summed E-state index contributed by atoms with van der Waals surface area (Å²) in [4.78, 5) is 0. The van der Waals surface area contributed by atoms with E-state index in [4.69, 9.17) is 11.0 Å². The van der Waals surface area contributed by atoms with Crippen LogP contribution in [0.15, 0.2) is 5.03 Å². The van der Waals surface area contributed by atoms with Gasteiger partial charge in [-0.25, -0.2) is 0 Å². The Morgan fingerprint density at radius 3 is 2.82 bits per heavy atom. The lowest BCUT2D eigenvalue weighted by Gasteiger charge is -1.87. The highest BCUT2D eigenvalue weighted by molar-refractivity contribution is 7.84. The molecule has 1 rings (SSSR count). The van der Waals surface area contributed by atoms with Crippen molar-refractivity contribution in [3.63, 3.8) is 0 Å². The molecule has 1 unspecified atom stereocenters. The van der Waals surface area contributed by atoms with Crippen LogP contribution >= 0.6 is 0 Å². The van der Waals surface area contributed by atoms with Crippen LogP contribution in [-0.4, -0.2) is 20.7 Å². The summed E-state index contributed by atoms with van der Waals surface area (Å²) < 4.78 is 10.9. The van der Waals surface area contributed by atoms with E-state index in [0.29, 0.717) is 0 Å². The van der Waals surface area contributed by atoms with Crippen LogP contribution < -0.4 is 5.73 Å². The molecule has 1 atom stereocenters. The molecule has 1 aromatic heterocycles. The number of H-pyrrole nitrogens is 1. The lowest BCUT2D eigenvalue weighted by molar-refractivity contribution is 0.683. The maximum Gasteiger partial charge on any atom is 0.164 e. The maximum atomic E-state index is 10.9. The number of hydrogen-bond acceptors (Lipinski definition) is 4. The Hall–Kier alpha value is -1.35. The highest BCUT2D eigenvalue weighted by atomic mass is 32.2. The van der Waals surface area contributed by atoms with Gasteiger partial charge in [0.05, 0.1) is 10.8 Å². The third-order valence-corrected chi connectivity index (χ3v) is 2.03. The molecule has 6 heteroatoms. The van der Waals surface area contributed by atoms with E-state index in [9.17, 15) is 4.21 Å². The quantitative estimate of drug-likeness (QED) is 0.599. The van der Waals surface area contributed by atoms with Crippen LogP contribution in [0.25, 0.3) is 0 Å². The molecule has 1 heterocycles. The minimum atomic E-state index is -1.24. The summed E-state index contributed by atoms with van der Waals surface area (Å²) in [7, 11) is -1.24. The largest absolute Gasteiger partial charge is 0.381 e. The van der Waals surface area contributed by atoms with Crippen molar-refractivity contribution in [1.82, 2.24) is 10.2 Å². The van der Waals surface area contributed by atoms with Crippen molar-refractivity contribution in [2.45, 2.75) is 5.03 Å². The van der Waals surface area contributed by atoms with Gasteiger partial charge in [-0.2, -0.15) is 10.4 Å². The summed E-state index contributed by atoms with van der Waals surface area (Å²) in [6.07, 6.45) is 1.45. The second kappa shape index (κ2) is 2.72. The molecule has 0 fully saturated rings. The van der Waals surface area contributed by atoms with Gasteiger partial charge in [0, 0.05) is 6.26 Å². The zero-order valence-corrected chi connectivity index (χ0v) is 6.60. The van der Waals surface area contributed by atoms with Crippen LogP contribution in [0.5, 0.6) is 0 Å². The summed E-state index contributed by atoms with van der Waals surface area (Å²) in [6.45, 7) is 0. The van der Waals surface area contributed by atoms with E-state index in [2.05, 4.69) is 10.2 Å². The molecule has 3 N–H and O–H groups in total. The van der Waals surface area contributed by atoms with Crippen LogP contribution in [0.2, 0.25) is 0 Å². The summed E-state index contributed by atoms with van der Waals surface area (Å²) in [5, 5.41) is 14.8. The minimum Gasteiger partial charge on any atom is -0.381 e. The predicted molar refractivity (Wildman–Crippen MR) is 40.0 cm³/mol. The molecule has 5 nitrogen and oxygen atoms in total. The summed E-state index contributed by atoms with van der Waals surface area (Å²) >= 11 is 0. The highest BCUT2D eigenvalue weighted by Gasteiger charge is 2.12. The average Bonchev–Trinajstić information content (AvgIpc) is 2.30. The Bertz CT molecular complexity index is 337. The van der Waals surface area contributed by atoms with Crippen LogP contribution in [-0.2, 0) is 10.8 Å². The van der Waals surface area contributed by atoms with Gasteiger partial charge in [0.25, 0.3) is 0 Å².